The van der Waals surface area contributed by atoms with E-state index in [-0.39, 0.29) is 77.7 Å². The van der Waals surface area contributed by atoms with E-state index in [0.29, 0.717) is 18.4 Å². The zero-order chi connectivity index (χ0) is 33.7. The average molecular weight is 661 g/mol. The van der Waals surface area contributed by atoms with Crippen molar-refractivity contribution in [2.75, 3.05) is 44.2 Å². The molecular formula is C35H32F4N6O3. The molecule has 13 heteroatoms. The van der Waals surface area contributed by atoms with Crippen molar-refractivity contribution in [3.63, 3.8) is 0 Å². The van der Waals surface area contributed by atoms with Crippen LogP contribution in [0, 0.1) is 23.0 Å². The Hall–Kier alpha value is -4.96. The van der Waals surface area contributed by atoms with Crippen LogP contribution < -0.4 is 9.64 Å². The lowest BCUT2D eigenvalue weighted by molar-refractivity contribution is -0.131. The average Bonchev–Trinajstić information content (AvgIpc) is 3.59. The summed E-state index contributed by atoms with van der Waals surface area (Å²) in [6.07, 6.45) is 0.832. The number of benzene rings is 3. The van der Waals surface area contributed by atoms with Crippen molar-refractivity contribution < 1.29 is 32.2 Å². The van der Waals surface area contributed by atoms with E-state index in [1.54, 1.807) is 17.0 Å². The molecule has 4 heterocycles. The third-order valence-electron chi connectivity index (χ3n) is 9.80. The number of carbonyl (C=O) groups is 1. The van der Waals surface area contributed by atoms with E-state index in [4.69, 9.17) is 4.74 Å². The quantitative estimate of drug-likeness (QED) is 0.196. The van der Waals surface area contributed by atoms with Crippen LogP contribution in [0.1, 0.15) is 25.7 Å². The smallest absolute Gasteiger partial charge is 0.319 e. The summed E-state index contributed by atoms with van der Waals surface area (Å²) in [4.78, 5) is 26.8. The van der Waals surface area contributed by atoms with Crippen LogP contribution in [0.15, 0.2) is 54.9 Å². The summed E-state index contributed by atoms with van der Waals surface area (Å²) in [5.74, 6) is -3.36. The van der Waals surface area contributed by atoms with Crippen LogP contribution in [0.4, 0.5) is 23.4 Å². The lowest BCUT2D eigenvalue weighted by Crippen LogP contribution is -2.55. The van der Waals surface area contributed by atoms with Crippen molar-refractivity contribution in [1.82, 2.24) is 19.8 Å². The highest BCUT2D eigenvalue weighted by Crippen LogP contribution is 2.42. The largest absolute Gasteiger partial charge is 0.508 e. The number of alkyl halides is 1. The molecule has 248 valence electrons. The topological polar surface area (TPSA) is 106 Å². The SMILES string of the molecule is C=C(F)C(=O)N1CCN(c2nc(OC[C@@]34CCCN3C[C@H](F)C4)nc3c(F)c(-c4cc(O)cc5cccc(F)c45)ccc23)C[C@@H]1CC#N. The molecule has 0 radical (unpaired) electrons. The minimum Gasteiger partial charge on any atom is -0.508 e. The number of piperazine rings is 1. The molecule has 0 bridgehead atoms. The van der Waals surface area contributed by atoms with Crippen molar-refractivity contribution in [2.24, 2.45) is 0 Å². The summed E-state index contributed by atoms with van der Waals surface area (Å²) in [5.41, 5.74) is -0.559. The van der Waals surface area contributed by atoms with E-state index in [0.717, 1.165) is 19.4 Å². The van der Waals surface area contributed by atoms with Gasteiger partial charge in [0, 0.05) is 48.9 Å². The van der Waals surface area contributed by atoms with Gasteiger partial charge < -0.3 is 19.6 Å². The van der Waals surface area contributed by atoms with Crippen LogP contribution in [0.3, 0.4) is 0 Å². The van der Waals surface area contributed by atoms with Gasteiger partial charge in [-0.05, 0) is 54.6 Å². The molecule has 9 nitrogen and oxygen atoms in total. The Morgan fingerprint density at radius 2 is 1.96 bits per heavy atom. The summed E-state index contributed by atoms with van der Waals surface area (Å²) >= 11 is 0. The summed E-state index contributed by atoms with van der Waals surface area (Å²) in [6.45, 7) is 4.53. The van der Waals surface area contributed by atoms with Crippen LogP contribution in [-0.2, 0) is 4.79 Å². The van der Waals surface area contributed by atoms with E-state index in [1.165, 1.54) is 35.2 Å². The zero-order valence-electron chi connectivity index (χ0n) is 25.9. The maximum Gasteiger partial charge on any atom is 0.319 e. The number of ether oxygens (including phenoxy) is 1. The molecule has 0 unspecified atom stereocenters. The summed E-state index contributed by atoms with van der Waals surface area (Å²) < 4.78 is 66.4. The Bertz CT molecular complexity index is 2000. The number of hydrogen-bond donors (Lipinski definition) is 1. The number of nitrogens with zero attached hydrogens (tertiary/aromatic N) is 6. The molecule has 4 aromatic rings. The van der Waals surface area contributed by atoms with Gasteiger partial charge in [0.05, 0.1) is 24.1 Å². The van der Waals surface area contributed by atoms with Crippen LogP contribution >= 0.6 is 0 Å². The van der Waals surface area contributed by atoms with Crippen LogP contribution in [0.25, 0.3) is 32.8 Å². The maximum atomic E-state index is 16.8. The monoisotopic (exact) mass is 660 g/mol. The number of aromatic hydroxyl groups is 1. The number of carbonyl (C=O) groups excluding carboxylic acids is 1. The van der Waals surface area contributed by atoms with Gasteiger partial charge in [0.25, 0.3) is 5.91 Å². The van der Waals surface area contributed by atoms with Crippen molar-refractivity contribution in [3.05, 3.63) is 66.5 Å². The number of anilines is 1. The zero-order valence-corrected chi connectivity index (χ0v) is 25.9. The third kappa shape index (κ3) is 5.43. The molecule has 3 aliphatic heterocycles. The Labute approximate surface area is 273 Å². The van der Waals surface area contributed by atoms with Gasteiger partial charge in [-0.2, -0.15) is 15.2 Å². The molecule has 3 saturated heterocycles. The number of phenolic OH excluding ortho intramolecular Hbond substituents is 1. The number of rotatable bonds is 7. The highest BCUT2D eigenvalue weighted by molar-refractivity contribution is 6.01. The molecule has 7 rings (SSSR count). The van der Waals surface area contributed by atoms with E-state index in [9.17, 15) is 23.9 Å². The Morgan fingerprint density at radius 1 is 1.12 bits per heavy atom. The fourth-order valence-corrected chi connectivity index (χ4v) is 7.62. The molecule has 3 fully saturated rings. The lowest BCUT2D eigenvalue weighted by Gasteiger charge is -2.41. The van der Waals surface area contributed by atoms with Crippen molar-refractivity contribution in [3.8, 4) is 29.0 Å². The summed E-state index contributed by atoms with van der Waals surface area (Å²) in [5, 5.41) is 20.7. The number of nitriles is 1. The molecule has 3 aliphatic rings. The van der Waals surface area contributed by atoms with Crippen LogP contribution in [-0.4, -0.2) is 87.9 Å². The normalized spacial score (nSPS) is 22.6. The molecule has 1 aromatic heterocycles. The van der Waals surface area contributed by atoms with Crippen LogP contribution in [0.2, 0.25) is 0 Å². The summed E-state index contributed by atoms with van der Waals surface area (Å²) in [7, 11) is 0. The van der Waals surface area contributed by atoms with Crippen molar-refractivity contribution in [2.45, 2.75) is 43.4 Å². The van der Waals surface area contributed by atoms with Crippen molar-refractivity contribution >= 4 is 33.4 Å². The van der Waals surface area contributed by atoms with Gasteiger partial charge >= 0.3 is 6.01 Å². The highest BCUT2D eigenvalue weighted by atomic mass is 19.1. The maximum absolute atomic E-state index is 16.8. The lowest BCUT2D eigenvalue weighted by atomic mass is 9.95. The van der Waals surface area contributed by atoms with Gasteiger partial charge in [0.15, 0.2) is 11.6 Å². The van der Waals surface area contributed by atoms with Gasteiger partial charge in [0.1, 0.15) is 35.7 Å². The van der Waals surface area contributed by atoms with Gasteiger partial charge in [-0.15, -0.1) is 0 Å². The molecule has 1 amide bonds. The number of hydrogen-bond acceptors (Lipinski definition) is 8. The van der Waals surface area contributed by atoms with Gasteiger partial charge in [-0.1, -0.05) is 24.8 Å². The first kappa shape index (κ1) is 31.6. The van der Waals surface area contributed by atoms with E-state index in [1.807, 2.05) is 6.07 Å². The van der Waals surface area contributed by atoms with Crippen LogP contribution in [0.5, 0.6) is 11.8 Å². The number of amides is 1. The Morgan fingerprint density at radius 3 is 2.75 bits per heavy atom. The van der Waals surface area contributed by atoms with Crippen molar-refractivity contribution in [1.29, 1.82) is 5.26 Å². The third-order valence-corrected chi connectivity index (χ3v) is 9.80. The van der Waals surface area contributed by atoms with Gasteiger partial charge in [-0.25, -0.2) is 17.6 Å². The molecule has 48 heavy (non-hydrogen) atoms. The molecular weight excluding hydrogens is 628 g/mol. The standard InChI is InChI=1S/C35H32F4N6O3/c1-20(36)33(47)45-13-12-43(18-23(45)8-10-40)32-26-7-6-25(27-15-24(46)14-21-4-2-5-28(38)29(21)27)30(39)31(26)41-34(42-32)48-19-35-9-3-11-44(35)17-22(37)16-35/h2,4-7,14-15,22-23,46H,1,3,8-9,11-13,16-19H2/t22-,23+,35+/m1/s1. The number of aromatic nitrogens is 2. The van der Waals surface area contributed by atoms with Gasteiger partial charge in [0.2, 0.25) is 0 Å². The predicted octanol–water partition coefficient (Wildman–Crippen LogP) is 5.80. The minimum atomic E-state index is -1.14. The van der Waals surface area contributed by atoms with Gasteiger partial charge in [-0.3, -0.25) is 9.69 Å². The Balaban J connectivity index is 1.34. The molecule has 1 N–H and O–H groups in total. The first-order valence-corrected chi connectivity index (χ1v) is 15.8. The number of halogens is 4. The van der Waals surface area contributed by atoms with E-state index in [2.05, 4.69) is 21.4 Å². The number of phenols is 1. The Kier molecular flexibility index (Phi) is 8.07. The van der Waals surface area contributed by atoms with E-state index < -0.39 is 41.1 Å². The first-order valence-electron chi connectivity index (χ1n) is 15.8. The second kappa shape index (κ2) is 12.2. The summed E-state index contributed by atoms with van der Waals surface area (Å²) in [6, 6.07) is 11.3. The molecule has 0 saturated carbocycles. The second-order valence-electron chi connectivity index (χ2n) is 12.7. The molecule has 3 aromatic carbocycles. The first-order chi connectivity index (χ1) is 23.1. The van der Waals surface area contributed by atoms with E-state index >= 15 is 8.78 Å². The minimum absolute atomic E-state index is 0.0139. The predicted molar refractivity (Wildman–Crippen MR) is 171 cm³/mol. The molecule has 0 spiro atoms. The fourth-order valence-electron chi connectivity index (χ4n) is 7.62. The fraction of sp³-hybridized carbons (Fsp3) is 0.371. The molecule has 0 aliphatic carbocycles. The number of fused-ring (bicyclic) bond motifs is 3. The second-order valence-corrected chi connectivity index (χ2v) is 12.7. The molecule has 3 atom stereocenters. The highest BCUT2D eigenvalue weighted by Gasteiger charge is 2.49.